The summed E-state index contributed by atoms with van der Waals surface area (Å²) < 4.78 is 0. The molecule has 1 aromatic carbocycles. The van der Waals surface area contributed by atoms with E-state index in [-0.39, 0.29) is 11.6 Å². The SMILES string of the molecule is Cc1c(C(=O)O)ncc2c1=c1c(ccc3c1=NC(C)(C(C)C)C=N3)N=2. The summed E-state index contributed by atoms with van der Waals surface area (Å²) in [6.07, 6.45) is 3.41. The second-order valence-corrected chi connectivity index (χ2v) is 6.99. The van der Waals surface area contributed by atoms with Crippen molar-refractivity contribution in [2.24, 2.45) is 20.9 Å². The van der Waals surface area contributed by atoms with Crippen molar-refractivity contribution < 1.29 is 9.90 Å². The number of hydrogen-bond acceptors (Lipinski definition) is 5. The van der Waals surface area contributed by atoms with Gasteiger partial charge >= 0.3 is 5.97 Å². The Morgan fingerprint density at radius 3 is 2.60 bits per heavy atom. The molecule has 1 unspecified atom stereocenters. The molecular formula is C19H18N4O2. The third kappa shape index (κ3) is 2.13. The van der Waals surface area contributed by atoms with Crippen LogP contribution in [0.3, 0.4) is 0 Å². The molecule has 0 spiro atoms. The van der Waals surface area contributed by atoms with Gasteiger partial charge < -0.3 is 5.11 Å². The van der Waals surface area contributed by atoms with Crippen LogP contribution in [0.25, 0.3) is 0 Å². The maximum atomic E-state index is 11.5. The van der Waals surface area contributed by atoms with Gasteiger partial charge in [0.2, 0.25) is 0 Å². The summed E-state index contributed by atoms with van der Waals surface area (Å²) in [5.74, 6) is -0.758. The molecule has 0 bridgehead atoms. The van der Waals surface area contributed by atoms with Crippen molar-refractivity contribution in [3.8, 4) is 0 Å². The number of aromatic carboxylic acids is 1. The normalized spacial score (nSPS) is 19.7. The lowest BCUT2D eigenvalue weighted by Crippen LogP contribution is -2.36. The Balaban J connectivity index is 2.25. The standard InChI is InChI=1S/C19H18N4O2/c1-9(2)19(4)8-21-12-6-5-11-15(17(12)23-19)14-10(3)16(18(24)25)20-7-13(14)22-11/h5-9H,1-4H3,(H,24,25). The summed E-state index contributed by atoms with van der Waals surface area (Å²) in [6, 6.07) is 3.81. The lowest BCUT2D eigenvalue weighted by molar-refractivity contribution is 0.0689. The average molecular weight is 334 g/mol. The lowest BCUT2D eigenvalue weighted by atomic mass is 9.89. The first-order chi connectivity index (χ1) is 11.8. The molecule has 0 aliphatic carbocycles. The Morgan fingerprint density at radius 1 is 1.20 bits per heavy atom. The largest absolute Gasteiger partial charge is 0.477 e. The van der Waals surface area contributed by atoms with Crippen LogP contribution in [0.4, 0.5) is 11.4 Å². The van der Waals surface area contributed by atoms with Gasteiger partial charge in [0.05, 0.1) is 33.8 Å². The zero-order chi connectivity index (χ0) is 17.9. The van der Waals surface area contributed by atoms with Gasteiger partial charge in [-0.3, -0.25) is 9.98 Å². The van der Waals surface area contributed by atoms with Crippen LogP contribution in [0.15, 0.2) is 33.3 Å². The van der Waals surface area contributed by atoms with Gasteiger partial charge in [0.25, 0.3) is 0 Å². The first kappa shape index (κ1) is 15.6. The van der Waals surface area contributed by atoms with Crippen LogP contribution in [0.2, 0.25) is 0 Å². The topological polar surface area (TPSA) is 87.3 Å². The highest BCUT2D eigenvalue weighted by molar-refractivity contribution is 5.87. The van der Waals surface area contributed by atoms with E-state index in [4.69, 9.17) is 4.99 Å². The number of pyridine rings is 1. The number of fused-ring (bicyclic) bond motifs is 4. The van der Waals surface area contributed by atoms with E-state index in [1.165, 1.54) is 6.20 Å². The van der Waals surface area contributed by atoms with Crippen LogP contribution < -0.4 is 10.7 Å². The van der Waals surface area contributed by atoms with Crippen molar-refractivity contribution in [3.63, 3.8) is 0 Å². The van der Waals surface area contributed by atoms with E-state index in [9.17, 15) is 9.90 Å². The van der Waals surface area contributed by atoms with E-state index in [1.807, 2.05) is 18.3 Å². The summed E-state index contributed by atoms with van der Waals surface area (Å²) in [7, 11) is 0. The number of hydrogen-bond donors (Lipinski definition) is 1. The van der Waals surface area contributed by atoms with Gasteiger partial charge in [-0.15, -0.1) is 0 Å². The molecule has 126 valence electrons. The first-order valence-corrected chi connectivity index (χ1v) is 8.22. The molecule has 1 aromatic heterocycles. The Bertz CT molecular complexity index is 1180. The Kier molecular flexibility index (Phi) is 3.16. The zero-order valence-electron chi connectivity index (χ0n) is 14.5. The zero-order valence-corrected chi connectivity index (χ0v) is 14.5. The third-order valence-corrected chi connectivity index (χ3v) is 5.12. The van der Waals surface area contributed by atoms with Crippen molar-refractivity contribution in [2.45, 2.75) is 33.2 Å². The van der Waals surface area contributed by atoms with Gasteiger partial charge in [0, 0.05) is 16.7 Å². The number of carbonyl (C=O) groups is 1. The molecule has 1 atom stereocenters. The van der Waals surface area contributed by atoms with E-state index in [2.05, 4.69) is 35.7 Å². The minimum absolute atomic E-state index is 0.0466. The maximum absolute atomic E-state index is 11.5. The molecule has 6 nitrogen and oxygen atoms in total. The van der Waals surface area contributed by atoms with Crippen LogP contribution in [0.5, 0.6) is 0 Å². The highest BCUT2D eigenvalue weighted by atomic mass is 16.4. The number of nitrogens with zero attached hydrogens (tertiary/aromatic N) is 4. The van der Waals surface area contributed by atoms with Gasteiger partial charge in [-0.2, -0.15) is 0 Å². The minimum atomic E-state index is -1.04. The molecule has 2 aliphatic heterocycles. The first-order valence-electron chi connectivity index (χ1n) is 8.22. The van der Waals surface area contributed by atoms with E-state index in [0.29, 0.717) is 10.9 Å². The quantitative estimate of drug-likeness (QED) is 0.780. The number of carboxylic acids is 1. The summed E-state index contributed by atoms with van der Waals surface area (Å²) >= 11 is 0. The Hall–Kier alpha value is -2.89. The highest BCUT2D eigenvalue weighted by Crippen LogP contribution is 2.27. The maximum Gasteiger partial charge on any atom is 0.354 e. The Morgan fingerprint density at radius 2 is 1.92 bits per heavy atom. The van der Waals surface area contributed by atoms with Crippen LogP contribution in [0.1, 0.15) is 36.8 Å². The van der Waals surface area contributed by atoms with Crippen LogP contribution in [-0.2, 0) is 0 Å². The second-order valence-electron chi connectivity index (χ2n) is 6.99. The van der Waals surface area contributed by atoms with E-state index < -0.39 is 11.5 Å². The molecule has 3 heterocycles. The molecule has 1 N–H and O–H groups in total. The smallest absolute Gasteiger partial charge is 0.354 e. The summed E-state index contributed by atoms with van der Waals surface area (Å²) in [5.41, 5.74) is 1.82. The van der Waals surface area contributed by atoms with Crippen molar-refractivity contribution in [1.82, 2.24) is 4.98 Å². The summed E-state index contributed by atoms with van der Waals surface area (Å²) in [4.78, 5) is 29.7. The molecule has 0 saturated carbocycles. The van der Waals surface area contributed by atoms with Gasteiger partial charge in [0.1, 0.15) is 0 Å². The number of carboxylic acid groups (broad SMARTS) is 1. The molecule has 0 amide bonds. The van der Waals surface area contributed by atoms with Crippen LogP contribution in [0, 0.1) is 23.3 Å². The average Bonchev–Trinajstić information content (AvgIpc) is 2.94. The minimum Gasteiger partial charge on any atom is -0.477 e. The number of rotatable bonds is 2. The van der Waals surface area contributed by atoms with Gasteiger partial charge in [-0.1, -0.05) is 13.8 Å². The van der Waals surface area contributed by atoms with Crippen LogP contribution in [-0.4, -0.2) is 27.8 Å². The second kappa shape index (κ2) is 5.05. The molecular weight excluding hydrogens is 316 g/mol. The number of benzene rings is 1. The molecule has 2 aromatic rings. The molecule has 0 saturated heterocycles. The number of aliphatic imine (C=N–C) groups is 1. The predicted octanol–water partition coefficient (Wildman–Crippen LogP) is 2.39. The molecule has 25 heavy (non-hydrogen) atoms. The van der Waals surface area contributed by atoms with E-state index in [1.54, 1.807) is 6.92 Å². The fourth-order valence-corrected chi connectivity index (χ4v) is 3.22. The monoisotopic (exact) mass is 334 g/mol. The summed E-state index contributed by atoms with van der Waals surface area (Å²) in [6.45, 7) is 8.05. The summed E-state index contributed by atoms with van der Waals surface area (Å²) in [5, 5.41) is 12.5. The van der Waals surface area contributed by atoms with Crippen molar-refractivity contribution in [1.29, 1.82) is 0 Å². The number of aromatic nitrogens is 1. The highest BCUT2D eigenvalue weighted by Gasteiger charge is 2.28. The van der Waals surface area contributed by atoms with Gasteiger partial charge in [0.15, 0.2) is 5.69 Å². The predicted molar refractivity (Wildman–Crippen MR) is 93.4 cm³/mol. The van der Waals surface area contributed by atoms with E-state index in [0.717, 1.165) is 27.2 Å². The van der Waals surface area contributed by atoms with Crippen molar-refractivity contribution in [2.75, 3.05) is 0 Å². The molecule has 6 heteroatoms. The van der Waals surface area contributed by atoms with Crippen molar-refractivity contribution >= 4 is 23.6 Å². The van der Waals surface area contributed by atoms with Crippen LogP contribution >= 0.6 is 0 Å². The molecule has 2 aliphatic rings. The molecule has 4 rings (SSSR count). The van der Waals surface area contributed by atoms with Gasteiger partial charge in [-0.25, -0.2) is 14.8 Å². The lowest BCUT2D eigenvalue weighted by Gasteiger charge is -2.27. The fraction of sp³-hybridized carbons (Fsp3) is 0.316. The Labute approximate surface area is 144 Å². The molecule has 0 radical (unpaired) electrons. The van der Waals surface area contributed by atoms with Crippen molar-refractivity contribution in [3.05, 3.63) is 50.7 Å². The fourth-order valence-electron chi connectivity index (χ4n) is 3.22. The molecule has 0 fully saturated rings. The van der Waals surface area contributed by atoms with Gasteiger partial charge in [-0.05, 0) is 37.5 Å². The van der Waals surface area contributed by atoms with E-state index >= 15 is 0 Å². The third-order valence-electron chi connectivity index (χ3n) is 5.12.